The van der Waals surface area contributed by atoms with Crippen LogP contribution in [0.4, 0.5) is 0 Å². The summed E-state index contributed by atoms with van der Waals surface area (Å²) in [5.74, 6) is 0.354. The lowest BCUT2D eigenvalue weighted by molar-refractivity contribution is -0.134. The Hall–Kier alpha value is -0.0300. The van der Waals surface area contributed by atoms with E-state index in [0.717, 1.165) is 38.5 Å². The van der Waals surface area contributed by atoms with E-state index in [1.165, 1.54) is 38.8 Å². The number of rotatable bonds is 2. The van der Waals surface area contributed by atoms with E-state index in [0.29, 0.717) is 5.91 Å². The molecule has 1 amide bonds. The summed E-state index contributed by atoms with van der Waals surface area (Å²) in [6.07, 6.45) is 7.28. The minimum atomic E-state index is 0. The van der Waals surface area contributed by atoms with Gasteiger partial charge in [-0.3, -0.25) is 4.79 Å². The van der Waals surface area contributed by atoms with Gasteiger partial charge >= 0.3 is 0 Å². The van der Waals surface area contributed by atoms with E-state index in [1.807, 2.05) is 0 Å². The van der Waals surface area contributed by atoms with E-state index in [9.17, 15) is 4.79 Å². The number of hydrogen-bond donors (Lipinski definition) is 1. The first-order chi connectivity index (χ1) is 8.84. The Labute approximate surface area is 134 Å². The molecule has 3 saturated heterocycles. The van der Waals surface area contributed by atoms with Crippen LogP contribution >= 0.6 is 24.8 Å². The summed E-state index contributed by atoms with van der Waals surface area (Å²) in [6, 6.07) is 0.862. The number of likely N-dealkylation sites (tertiary alicyclic amines) is 2. The number of carbonyl (C=O) groups excluding carboxylic acids is 1. The Morgan fingerprint density at radius 1 is 0.900 bits per heavy atom. The molecule has 0 spiro atoms. The van der Waals surface area contributed by atoms with Gasteiger partial charge in [0.05, 0.1) is 6.04 Å². The second-order valence-electron chi connectivity index (χ2n) is 5.95. The molecule has 0 aliphatic carbocycles. The number of amides is 1. The summed E-state index contributed by atoms with van der Waals surface area (Å²) in [4.78, 5) is 17.0. The van der Waals surface area contributed by atoms with Crippen molar-refractivity contribution in [3.8, 4) is 0 Å². The number of nitrogens with zero attached hydrogens (tertiary/aromatic N) is 2. The highest BCUT2D eigenvalue weighted by Crippen LogP contribution is 2.22. The van der Waals surface area contributed by atoms with Crippen molar-refractivity contribution in [3.63, 3.8) is 0 Å². The van der Waals surface area contributed by atoms with Gasteiger partial charge in [-0.25, -0.2) is 0 Å². The van der Waals surface area contributed by atoms with Gasteiger partial charge in [0.15, 0.2) is 0 Å². The Morgan fingerprint density at radius 2 is 1.55 bits per heavy atom. The third-order valence-electron chi connectivity index (χ3n) is 4.79. The Morgan fingerprint density at radius 3 is 2.10 bits per heavy atom. The lowest BCUT2D eigenvalue weighted by Crippen LogP contribution is -2.50. The van der Waals surface area contributed by atoms with Crippen LogP contribution in [0.3, 0.4) is 0 Å². The van der Waals surface area contributed by atoms with Crippen LogP contribution in [0.25, 0.3) is 0 Å². The lowest BCUT2D eigenvalue weighted by Gasteiger charge is -2.37. The van der Waals surface area contributed by atoms with Crippen LogP contribution in [0.15, 0.2) is 0 Å². The molecule has 0 aromatic heterocycles. The zero-order chi connectivity index (χ0) is 12.4. The quantitative estimate of drug-likeness (QED) is 0.839. The van der Waals surface area contributed by atoms with Gasteiger partial charge < -0.3 is 15.1 Å². The lowest BCUT2D eigenvalue weighted by atomic mass is 10.0. The predicted molar refractivity (Wildman–Crippen MR) is 85.9 cm³/mol. The van der Waals surface area contributed by atoms with Crippen LogP contribution in [0.5, 0.6) is 0 Å². The second kappa shape index (κ2) is 8.42. The molecule has 0 bridgehead atoms. The molecule has 6 heteroatoms. The third-order valence-corrected chi connectivity index (χ3v) is 4.79. The fourth-order valence-corrected chi connectivity index (χ4v) is 3.67. The maximum atomic E-state index is 12.3. The number of halogens is 2. The maximum Gasteiger partial charge on any atom is 0.239 e. The smallest absolute Gasteiger partial charge is 0.239 e. The minimum absolute atomic E-state index is 0. The molecule has 3 aliphatic heterocycles. The molecular weight excluding hydrogens is 297 g/mol. The monoisotopic (exact) mass is 323 g/mol. The molecule has 3 rings (SSSR count). The number of hydrogen-bond acceptors (Lipinski definition) is 3. The van der Waals surface area contributed by atoms with Gasteiger partial charge in [-0.1, -0.05) is 0 Å². The van der Waals surface area contributed by atoms with E-state index in [-0.39, 0.29) is 30.9 Å². The van der Waals surface area contributed by atoms with Gasteiger partial charge in [0.25, 0.3) is 0 Å². The van der Waals surface area contributed by atoms with E-state index in [4.69, 9.17) is 0 Å². The Bertz CT molecular complexity index is 297. The molecule has 4 nitrogen and oxygen atoms in total. The van der Waals surface area contributed by atoms with Crippen molar-refractivity contribution in [2.24, 2.45) is 0 Å². The molecule has 0 aromatic carbocycles. The normalized spacial score (nSPS) is 28.0. The molecule has 1 atom stereocenters. The van der Waals surface area contributed by atoms with Crippen molar-refractivity contribution >= 4 is 30.7 Å². The van der Waals surface area contributed by atoms with Crippen LogP contribution in [0.2, 0.25) is 0 Å². The molecule has 0 aromatic rings. The fraction of sp³-hybridized carbons (Fsp3) is 0.929. The van der Waals surface area contributed by atoms with Crippen LogP contribution < -0.4 is 5.32 Å². The molecule has 3 heterocycles. The van der Waals surface area contributed by atoms with Crippen LogP contribution in [0.1, 0.15) is 38.5 Å². The average molecular weight is 324 g/mol. The molecule has 0 saturated carbocycles. The topological polar surface area (TPSA) is 35.6 Å². The molecule has 0 radical (unpaired) electrons. The number of nitrogens with one attached hydrogen (secondary N) is 1. The summed E-state index contributed by atoms with van der Waals surface area (Å²) in [5, 5.41) is 3.32. The highest BCUT2D eigenvalue weighted by molar-refractivity contribution is 5.85. The van der Waals surface area contributed by atoms with Crippen molar-refractivity contribution < 1.29 is 4.79 Å². The summed E-state index contributed by atoms with van der Waals surface area (Å²) in [7, 11) is 0. The Balaban J connectivity index is 0.000001000. The molecule has 118 valence electrons. The maximum absolute atomic E-state index is 12.3. The van der Waals surface area contributed by atoms with E-state index < -0.39 is 0 Å². The zero-order valence-electron chi connectivity index (χ0n) is 12.1. The van der Waals surface area contributed by atoms with Gasteiger partial charge in [0.1, 0.15) is 0 Å². The van der Waals surface area contributed by atoms with Crippen molar-refractivity contribution in [1.82, 2.24) is 15.1 Å². The van der Waals surface area contributed by atoms with Crippen LogP contribution in [-0.2, 0) is 4.79 Å². The first-order valence-electron chi connectivity index (χ1n) is 7.61. The predicted octanol–water partition coefficient (Wildman–Crippen LogP) is 1.67. The largest absolute Gasteiger partial charge is 0.341 e. The summed E-state index contributed by atoms with van der Waals surface area (Å²) in [5.41, 5.74) is 0. The average Bonchev–Trinajstić information content (AvgIpc) is 3.11. The molecule has 0 unspecified atom stereocenters. The van der Waals surface area contributed by atoms with Crippen molar-refractivity contribution in [1.29, 1.82) is 0 Å². The standard InChI is InChI=1S/C14H25N3O.2ClH/c18-14(13-4-3-7-15-13)17-10-5-12(6-11-17)16-8-1-2-9-16;;/h12-13,15H,1-11H2;2*1H/t13-;;/m0../s1. The van der Waals surface area contributed by atoms with Gasteiger partial charge in [-0.05, 0) is 58.2 Å². The minimum Gasteiger partial charge on any atom is -0.341 e. The van der Waals surface area contributed by atoms with E-state index >= 15 is 0 Å². The molecule has 1 N–H and O–H groups in total. The number of piperidine rings is 1. The highest BCUT2D eigenvalue weighted by Gasteiger charge is 2.31. The fourth-order valence-electron chi connectivity index (χ4n) is 3.67. The second-order valence-corrected chi connectivity index (χ2v) is 5.95. The highest BCUT2D eigenvalue weighted by atomic mass is 35.5. The van der Waals surface area contributed by atoms with Crippen LogP contribution in [0, 0.1) is 0 Å². The first kappa shape index (κ1) is 18.0. The molecule has 3 fully saturated rings. The first-order valence-corrected chi connectivity index (χ1v) is 7.61. The summed E-state index contributed by atoms with van der Waals surface area (Å²) < 4.78 is 0. The van der Waals surface area contributed by atoms with Gasteiger partial charge in [-0.2, -0.15) is 0 Å². The molecule has 20 heavy (non-hydrogen) atoms. The number of carbonyl (C=O) groups is 1. The van der Waals surface area contributed by atoms with Crippen molar-refractivity contribution in [2.75, 3.05) is 32.7 Å². The van der Waals surface area contributed by atoms with Gasteiger partial charge in [-0.15, -0.1) is 24.8 Å². The summed E-state index contributed by atoms with van der Waals surface area (Å²) in [6.45, 7) is 5.52. The van der Waals surface area contributed by atoms with Crippen LogP contribution in [-0.4, -0.2) is 60.5 Å². The SMILES string of the molecule is Cl.Cl.O=C([C@@H]1CCCN1)N1CCC(N2CCCC2)CC1. The zero-order valence-corrected chi connectivity index (χ0v) is 13.7. The molecule has 3 aliphatic rings. The van der Waals surface area contributed by atoms with Gasteiger partial charge in [0.2, 0.25) is 5.91 Å². The van der Waals surface area contributed by atoms with Crippen molar-refractivity contribution in [2.45, 2.75) is 50.6 Å². The molecular formula is C14H27Cl2N3O. The van der Waals surface area contributed by atoms with Crippen molar-refractivity contribution in [3.05, 3.63) is 0 Å². The third kappa shape index (κ3) is 4.00. The van der Waals surface area contributed by atoms with E-state index in [1.54, 1.807) is 0 Å². The van der Waals surface area contributed by atoms with E-state index in [2.05, 4.69) is 15.1 Å². The summed E-state index contributed by atoms with van der Waals surface area (Å²) >= 11 is 0. The van der Waals surface area contributed by atoms with Gasteiger partial charge in [0, 0.05) is 19.1 Å². The Kier molecular flexibility index (Phi) is 7.59.